The molecule has 3 rings (SSSR count). The van der Waals surface area contributed by atoms with Gasteiger partial charge >= 0.3 is 0 Å². The van der Waals surface area contributed by atoms with E-state index in [1.54, 1.807) is 6.20 Å². The molecule has 1 aromatic heterocycles. The number of nitrogens with zero attached hydrogens (tertiary/aromatic N) is 2. The summed E-state index contributed by atoms with van der Waals surface area (Å²) in [5.41, 5.74) is 1.79. The lowest BCUT2D eigenvalue weighted by Crippen LogP contribution is -2.29. The number of carbonyl (C=O) groups excluding carboxylic acids is 1. The van der Waals surface area contributed by atoms with Crippen molar-refractivity contribution in [3.63, 3.8) is 0 Å². The maximum atomic E-state index is 11.9. The third-order valence-corrected chi connectivity index (χ3v) is 3.64. The van der Waals surface area contributed by atoms with Crippen molar-refractivity contribution in [2.24, 2.45) is 13.0 Å². The van der Waals surface area contributed by atoms with Gasteiger partial charge in [-0.15, -0.1) is 0 Å². The van der Waals surface area contributed by atoms with Crippen LogP contribution >= 0.6 is 0 Å². The summed E-state index contributed by atoms with van der Waals surface area (Å²) in [6.07, 6.45) is 6.26. The van der Waals surface area contributed by atoms with E-state index in [1.165, 1.54) is 12.8 Å². The monoisotopic (exact) mass is 284 g/mol. The molecule has 1 aliphatic rings. The van der Waals surface area contributed by atoms with Crippen molar-refractivity contribution < 1.29 is 4.79 Å². The molecule has 0 bridgehead atoms. The second-order valence-corrected chi connectivity index (χ2v) is 5.57. The average Bonchev–Trinajstić information content (AvgIpc) is 3.19. The van der Waals surface area contributed by atoms with Crippen molar-refractivity contribution in [3.05, 3.63) is 36.7 Å². The predicted molar refractivity (Wildman–Crippen MR) is 82.9 cm³/mol. The van der Waals surface area contributed by atoms with Gasteiger partial charge in [0.2, 0.25) is 5.91 Å². The molecule has 1 heterocycles. The molecule has 0 spiro atoms. The number of aromatic nitrogens is 2. The Hall–Kier alpha value is -2.14. The van der Waals surface area contributed by atoms with Crippen molar-refractivity contribution >= 4 is 11.6 Å². The zero-order valence-corrected chi connectivity index (χ0v) is 12.2. The van der Waals surface area contributed by atoms with E-state index in [0.717, 1.165) is 29.5 Å². The molecule has 5 heteroatoms. The highest BCUT2D eigenvalue weighted by Crippen LogP contribution is 2.27. The molecular weight excluding hydrogens is 264 g/mol. The van der Waals surface area contributed by atoms with E-state index in [0.29, 0.717) is 6.54 Å². The van der Waals surface area contributed by atoms with Crippen LogP contribution in [0.3, 0.4) is 0 Å². The molecule has 2 aromatic rings. The minimum Gasteiger partial charge on any atom is -0.334 e. The van der Waals surface area contributed by atoms with E-state index in [-0.39, 0.29) is 5.91 Å². The molecule has 110 valence electrons. The summed E-state index contributed by atoms with van der Waals surface area (Å²) in [5.74, 6) is 1.66. The van der Waals surface area contributed by atoms with Crippen molar-refractivity contribution in [2.45, 2.75) is 12.8 Å². The van der Waals surface area contributed by atoms with Crippen molar-refractivity contribution in [1.29, 1.82) is 0 Å². The van der Waals surface area contributed by atoms with Crippen LogP contribution in [0.4, 0.5) is 5.69 Å². The van der Waals surface area contributed by atoms with Crippen LogP contribution in [0.2, 0.25) is 0 Å². The van der Waals surface area contributed by atoms with Crippen molar-refractivity contribution in [1.82, 2.24) is 14.9 Å². The second-order valence-electron chi connectivity index (χ2n) is 5.57. The summed E-state index contributed by atoms with van der Waals surface area (Å²) in [7, 11) is 1.95. The summed E-state index contributed by atoms with van der Waals surface area (Å²) in [6.45, 7) is 1.31. The Morgan fingerprint density at radius 2 is 2.29 bits per heavy atom. The number of benzene rings is 1. The number of anilines is 1. The predicted octanol–water partition coefficient (Wildman–Crippen LogP) is 2.03. The van der Waals surface area contributed by atoms with Gasteiger partial charge in [0.15, 0.2) is 0 Å². The van der Waals surface area contributed by atoms with Crippen LogP contribution in [0, 0.1) is 5.92 Å². The van der Waals surface area contributed by atoms with Crippen molar-refractivity contribution in [3.8, 4) is 11.4 Å². The van der Waals surface area contributed by atoms with Crippen LogP contribution in [0.1, 0.15) is 12.8 Å². The lowest BCUT2D eigenvalue weighted by atomic mass is 10.2. The molecule has 1 fully saturated rings. The summed E-state index contributed by atoms with van der Waals surface area (Å²) in [6, 6.07) is 7.76. The average molecular weight is 284 g/mol. The molecular formula is C16H20N4O. The fourth-order valence-corrected chi connectivity index (χ4v) is 2.30. The van der Waals surface area contributed by atoms with E-state index >= 15 is 0 Å². The Morgan fingerprint density at radius 1 is 1.43 bits per heavy atom. The molecule has 1 aliphatic carbocycles. The fourth-order valence-electron chi connectivity index (χ4n) is 2.30. The molecule has 1 saturated carbocycles. The van der Waals surface area contributed by atoms with Gasteiger partial charge in [-0.25, -0.2) is 4.98 Å². The Morgan fingerprint density at radius 3 is 3.00 bits per heavy atom. The molecule has 0 unspecified atom stereocenters. The quantitative estimate of drug-likeness (QED) is 0.853. The van der Waals surface area contributed by atoms with Crippen molar-refractivity contribution in [2.75, 3.05) is 18.4 Å². The Balaban J connectivity index is 1.60. The van der Waals surface area contributed by atoms with Crippen LogP contribution < -0.4 is 10.6 Å². The van der Waals surface area contributed by atoms with E-state index in [9.17, 15) is 4.79 Å². The number of hydrogen-bond donors (Lipinski definition) is 2. The number of amides is 1. The molecule has 0 radical (unpaired) electrons. The minimum atomic E-state index is -0.00681. The lowest BCUT2D eigenvalue weighted by Gasteiger charge is -2.08. The maximum absolute atomic E-state index is 11.9. The van der Waals surface area contributed by atoms with Gasteiger partial charge in [-0.3, -0.25) is 4.79 Å². The first-order valence-corrected chi connectivity index (χ1v) is 7.31. The number of nitrogens with one attached hydrogen (secondary N) is 2. The van der Waals surface area contributed by atoms with Crippen LogP contribution in [-0.4, -0.2) is 28.5 Å². The number of carbonyl (C=O) groups is 1. The zero-order chi connectivity index (χ0) is 14.7. The number of rotatable bonds is 6. The molecule has 0 saturated heterocycles. The molecule has 1 amide bonds. The fraction of sp³-hybridized carbons (Fsp3) is 0.375. The van der Waals surface area contributed by atoms with Gasteiger partial charge < -0.3 is 15.2 Å². The van der Waals surface area contributed by atoms with Gasteiger partial charge in [0.05, 0.1) is 6.54 Å². The third kappa shape index (κ3) is 3.70. The van der Waals surface area contributed by atoms with Crippen LogP contribution in [0.25, 0.3) is 11.4 Å². The summed E-state index contributed by atoms with van der Waals surface area (Å²) in [4.78, 5) is 16.2. The Kier molecular flexibility index (Phi) is 4.01. The standard InChI is InChI=1S/C16H20N4O/c1-20-8-7-18-16(20)13-3-2-4-14(9-13)19-15(21)11-17-10-12-5-6-12/h2-4,7-9,12,17H,5-6,10-11H2,1H3,(H,19,21). The third-order valence-electron chi connectivity index (χ3n) is 3.64. The summed E-state index contributed by atoms with van der Waals surface area (Å²) in [5, 5.41) is 6.11. The molecule has 0 aliphatic heterocycles. The zero-order valence-electron chi connectivity index (χ0n) is 12.2. The van der Waals surface area contributed by atoms with E-state index < -0.39 is 0 Å². The highest BCUT2D eigenvalue weighted by atomic mass is 16.1. The molecule has 5 nitrogen and oxygen atoms in total. The van der Waals surface area contributed by atoms with Crippen LogP contribution in [0.5, 0.6) is 0 Å². The number of aryl methyl sites for hydroxylation is 1. The van der Waals surface area contributed by atoms with Crippen LogP contribution in [0.15, 0.2) is 36.7 Å². The topological polar surface area (TPSA) is 59.0 Å². The smallest absolute Gasteiger partial charge is 0.238 e. The van der Waals surface area contributed by atoms with Gasteiger partial charge in [0, 0.05) is 30.7 Å². The van der Waals surface area contributed by atoms with Gasteiger partial charge in [0.25, 0.3) is 0 Å². The van der Waals surface area contributed by atoms with Gasteiger partial charge in [-0.05, 0) is 37.4 Å². The van der Waals surface area contributed by atoms with Gasteiger partial charge in [-0.2, -0.15) is 0 Å². The normalized spacial score (nSPS) is 14.1. The first kappa shape index (κ1) is 13.8. The Bertz CT molecular complexity index is 631. The van der Waals surface area contributed by atoms with Gasteiger partial charge in [-0.1, -0.05) is 12.1 Å². The largest absolute Gasteiger partial charge is 0.334 e. The second kappa shape index (κ2) is 6.10. The number of imidazole rings is 1. The first-order chi connectivity index (χ1) is 10.2. The van der Waals surface area contributed by atoms with Crippen LogP contribution in [-0.2, 0) is 11.8 Å². The van der Waals surface area contributed by atoms with E-state index in [2.05, 4.69) is 15.6 Å². The lowest BCUT2D eigenvalue weighted by molar-refractivity contribution is -0.115. The summed E-state index contributed by atoms with van der Waals surface area (Å²) >= 11 is 0. The Labute approximate surface area is 124 Å². The van der Waals surface area contributed by atoms with Gasteiger partial charge in [0.1, 0.15) is 5.82 Å². The van der Waals surface area contributed by atoms with E-state index in [1.807, 2.05) is 42.1 Å². The first-order valence-electron chi connectivity index (χ1n) is 7.31. The molecule has 21 heavy (non-hydrogen) atoms. The van der Waals surface area contributed by atoms with E-state index in [4.69, 9.17) is 0 Å². The number of hydrogen-bond acceptors (Lipinski definition) is 3. The highest BCUT2D eigenvalue weighted by Gasteiger charge is 2.20. The summed E-state index contributed by atoms with van der Waals surface area (Å²) < 4.78 is 1.96. The molecule has 1 aromatic carbocycles. The molecule has 2 N–H and O–H groups in total. The SMILES string of the molecule is Cn1ccnc1-c1cccc(NC(=O)CNCC2CC2)c1. The highest BCUT2D eigenvalue weighted by molar-refractivity contribution is 5.92. The maximum Gasteiger partial charge on any atom is 0.238 e. The minimum absolute atomic E-state index is 0.00681. The molecule has 0 atom stereocenters.